The second-order valence-electron chi connectivity index (χ2n) is 7.87. The molecule has 3 amide bonds. The van der Waals surface area contributed by atoms with Crippen molar-refractivity contribution >= 4 is 62.6 Å². The van der Waals surface area contributed by atoms with Crippen molar-refractivity contribution in [3.63, 3.8) is 0 Å². The van der Waals surface area contributed by atoms with Gasteiger partial charge in [0, 0.05) is 23.4 Å². The number of hydrogen-bond donors (Lipinski definition) is 2. The summed E-state index contributed by atoms with van der Waals surface area (Å²) >= 11 is 0. The van der Waals surface area contributed by atoms with Gasteiger partial charge < -0.3 is 10.6 Å². The molecule has 0 aromatic heterocycles. The Morgan fingerprint density at radius 1 is 1.04 bits per heavy atom. The maximum Gasteiger partial charge on any atom is 0.254 e. The minimum Gasteiger partial charge on any atom is -0.398 e. The van der Waals surface area contributed by atoms with Crippen molar-refractivity contribution in [2.45, 2.75) is 22.4 Å². The number of piperidine rings is 1. The molecule has 2 aliphatic rings. The highest BCUT2D eigenvalue weighted by Gasteiger charge is 2.64. The fourth-order valence-corrected chi connectivity index (χ4v) is 3.74. The number of carbonyl (C=O) groups is 3. The highest BCUT2D eigenvalue weighted by atomic mass is 16.2. The third-order valence-electron chi connectivity index (χ3n) is 6.56. The monoisotopic (exact) mass is 319 g/mol. The molecule has 2 aliphatic heterocycles. The number of nitrogens with zero attached hydrogens (tertiary/aromatic N) is 1. The van der Waals surface area contributed by atoms with E-state index in [0.717, 1.165) is 5.56 Å². The van der Waals surface area contributed by atoms with Crippen molar-refractivity contribution in [1.29, 1.82) is 0 Å². The van der Waals surface area contributed by atoms with Crippen LogP contribution in [0.1, 0.15) is 15.9 Å². The van der Waals surface area contributed by atoms with Gasteiger partial charge in [-0.3, -0.25) is 19.7 Å². The normalized spacial score (nSPS) is 27.7. The van der Waals surface area contributed by atoms with Crippen LogP contribution in [0.25, 0.3) is 0 Å². The quantitative estimate of drug-likeness (QED) is 0.308. The van der Waals surface area contributed by atoms with Crippen molar-refractivity contribution in [2.24, 2.45) is 0 Å². The van der Waals surface area contributed by atoms with E-state index in [1.165, 1.54) is 0 Å². The fourth-order valence-electron chi connectivity index (χ4n) is 3.74. The Morgan fingerprint density at radius 3 is 2.25 bits per heavy atom. The van der Waals surface area contributed by atoms with E-state index in [1.807, 2.05) is 15.7 Å². The van der Waals surface area contributed by atoms with Gasteiger partial charge in [0.2, 0.25) is 11.8 Å². The van der Waals surface area contributed by atoms with Crippen LogP contribution in [0.4, 0.5) is 5.69 Å². The molecule has 0 saturated carbocycles. The molecular weight excluding hydrogens is 300 g/mol. The van der Waals surface area contributed by atoms with E-state index in [9.17, 15) is 14.4 Å². The van der Waals surface area contributed by atoms with E-state index >= 15 is 0 Å². The number of fused-ring (bicyclic) bond motifs is 1. The van der Waals surface area contributed by atoms with Crippen molar-refractivity contribution in [2.75, 3.05) is 5.73 Å². The molecule has 0 unspecified atom stereocenters. The number of nitrogens with one attached hydrogen (secondary N) is 1. The Kier molecular flexibility index (Phi) is 3.32. The smallest absolute Gasteiger partial charge is 0.254 e. The molecule has 1 atom stereocenters. The topological polar surface area (TPSA) is 92.5 Å². The summed E-state index contributed by atoms with van der Waals surface area (Å²) in [4.78, 5) is 39.7. The average molecular weight is 318 g/mol. The van der Waals surface area contributed by atoms with Crippen molar-refractivity contribution in [3.05, 3.63) is 29.3 Å². The summed E-state index contributed by atoms with van der Waals surface area (Å²) in [6.45, 7) is 0.262. The number of rotatable bonds is 1. The number of amides is 3. The zero-order chi connectivity index (χ0) is 18.1. The Hall–Kier alpha value is -2.05. The first-order valence-electron chi connectivity index (χ1n) is 8.01. The minimum atomic E-state index is -1.17. The molecule has 0 bridgehead atoms. The summed E-state index contributed by atoms with van der Waals surface area (Å²) in [6, 6.07) is 5.20. The predicted octanol–water partition coefficient (Wildman–Crippen LogP) is -5.02. The Bertz CT molecular complexity index is 797. The lowest BCUT2D eigenvalue weighted by atomic mass is 9.21. The number of hydrogen-bond acceptors (Lipinski definition) is 4. The third-order valence-corrected chi connectivity index (χ3v) is 6.56. The molecule has 1 fully saturated rings. The van der Waals surface area contributed by atoms with Gasteiger partial charge >= 0.3 is 0 Å². The van der Waals surface area contributed by atoms with Crippen LogP contribution in [0.3, 0.4) is 0 Å². The molecule has 3 rings (SSSR count). The average Bonchev–Trinajstić information content (AvgIpc) is 2.84. The third kappa shape index (κ3) is 1.75. The molecule has 118 valence electrons. The van der Waals surface area contributed by atoms with Crippen LogP contribution < -0.4 is 11.1 Å². The molecule has 2 heterocycles. The largest absolute Gasteiger partial charge is 0.398 e. The fraction of sp³-hybridized carbons (Fsp3) is 0.308. The number of anilines is 1. The Labute approximate surface area is 145 Å². The van der Waals surface area contributed by atoms with Crippen molar-refractivity contribution in [3.8, 4) is 0 Å². The molecule has 1 aromatic rings. The summed E-state index contributed by atoms with van der Waals surface area (Å²) in [5, 5.41) is 0.856. The highest BCUT2D eigenvalue weighted by molar-refractivity contribution is 6.66. The first-order chi connectivity index (χ1) is 11.0. The van der Waals surface area contributed by atoms with Gasteiger partial charge in [0.15, 0.2) is 0 Å². The lowest BCUT2D eigenvalue weighted by molar-refractivity contribution is -0.140. The van der Waals surface area contributed by atoms with E-state index in [-0.39, 0.29) is 18.4 Å². The predicted molar refractivity (Wildman–Crippen MR) is 105 cm³/mol. The molecule has 24 heavy (non-hydrogen) atoms. The Morgan fingerprint density at radius 2 is 1.67 bits per heavy atom. The second-order valence-corrected chi connectivity index (χ2v) is 7.87. The number of imide groups is 1. The van der Waals surface area contributed by atoms with Crippen LogP contribution in [0.5, 0.6) is 0 Å². The summed E-state index contributed by atoms with van der Waals surface area (Å²) < 4.78 is 0. The molecular formula is C13H18B5N3O3. The van der Waals surface area contributed by atoms with Crippen LogP contribution in [0.15, 0.2) is 18.2 Å². The van der Waals surface area contributed by atoms with Crippen LogP contribution in [0.2, 0.25) is 10.4 Å². The molecule has 0 aliphatic carbocycles. The van der Waals surface area contributed by atoms with Crippen LogP contribution in [-0.2, 0) is 16.1 Å². The van der Waals surface area contributed by atoms with E-state index in [4.69, 9.17) is 5.73 Å². The molecule has 0 spiro atoms. The van der Waals surface area contributed by atoms with Crippen molar-refractivity contribution < 1.29 is 14.4 Å². The number of benzene rings is 1. The lowest BCUT2D eigenvalue weighted by Gasteiger charge is -2.59. The number of nitrogen functional groups attached to an aromatic ring is 1. The number of nitrogens with two attached hydrogens (primary N) is 1. The summed E-state index contributed by atoms with van der Waals surface area (Å²) in [5.41, 5.74) is 6.64. The molecule has 6 nitrogen and oxygen atoms in total. The SMILES string of the molecule is BC1(B)C(=O)NC(=O)[C@@](B)(N2Cc3c(N)cccc3C2=O)C1(B)B. The summed E-state index contributed by atoms with van der Waals surface area (Å²) in [6.07, 6.45) is 0. The Balaban J connectivity index is 2.15. The van der Waals surface area contributed by atoms with Gasteiger partial charge in [-0.25, -0.2) is 0 Å². The van der Waals surface area contributed by atoms with Crippen LogP contribution >= 0.6 is 0 Å². The van der Waals surface area contributed by atoms with E-state index < -0.39 is 21.8 Å². The van der Waals surface area contributed by atoms with Crippen LogP contribution in [0, 0.1) is 0 Å². The summed E-state index contributed by atoms with van der Waals surface area (Å²) in [5.74, 6) is -0.997. The highest BCUT2D eigenvalue weighted by Crippen LogP contribution is 2.55. The summed E-state index contributed by atoms with van der Waals surface area (Å²) in [7, 11) is 9.06. The second kappa shape index (κ2) is 4.74. The van der Waals surface area contributed by atoms with Gasteiger partial charge in [-0.05, 0) is 17.3 Å². The molecule has 1 aromatic carbocycles. The lowest BCUT2D eigenvalue weighted by Crippen LogP contribution is -2.75. The van der Waals surface area contributed by atoms with Gasteiger partial charge in [-0.1, -0.05) is 11.3 Å². The number of carbonyl (C=O) groups excluding carboxylic acids is 3. The molecule has 0 radical (unpaired) electrons. The minimum absolute atomic E-state index is 0.229. The van der Waals surface area contributed by atoms with Gasteiger partial charge in [-0.15, -0.1) is 0 Å². The van der Waals surface area contributed by atoms with Gasteiger partial charge in [0.1, 0.15) is 39.2 Å². The van der Waals surface area contributed by atoms with E-state index in [2.05, 4.69) is 5.32 Å². The zero-order valence-electron chi connectivity index (χ0n) is 14.7. The standard InChI is InChI=1S/C13H18B5N3O3/c14-11(15)9(23)20-10(24)12(16,13(11,17)18)21-4-6-5(8(21)22)2-1-3-7(6)19/h1-3H,4,14-19H2,(H,20,23,24)/t12-/m1/s1. The molecule has 3 N–H and O–H groups in total. The van der Waals surface area contributed by atoms with Gasteiger partial charge in [-0.2, -0.15) is 0 Å². The maximum absolute atomic E-state index is 13.0. The van der Waals surface area contributed by atoms with Gasteiger partial charge in [0.25, 0.3) is 5.91 Å². The van der Waals surface area contributed by atoms with E-state index in [0.29, 0.717) is 11.3 Å². The van der Waals surface area contributed by atoms with Gasteiger partial charge in [0.05, 0.1) is 5.44 Å². The molecule has 1 saturated heterocycles. The maximum atomic E-state index is 13.0. The zero-order valence-corrected chi connectivity index (χ0v) is 14.7. The van der Waals surface area contributed by atoms with Crippen LogP contribution in [-0.4, -0.2) is 67.3 Å². The molecule has 11 heteroatoms. The first kappa shape index (κ1) is 16.8. The van der Waals surface area contributed by atoms with Crippen molar-refractivity contribution in [1.82, 2.24) is 10.2 Å². The first-order valence-corrected chi connectivity index (χ1v) is 8.01. The van der Waals surface area contributed by atoms with E-state index in [1.54, 1.807) is 46.6 Å².